The second-order valence-electron chi connectivity index (χ2n) is 59.1. The fraction of sp³-hybridized carbons (Fsp3) is 0.935. The summed E-state index contributed by atoms with van der Waals surface area (Å²) in [7, 11) is 5.03. The molecular weight excluding hydrogens is 1690 g/mol. The van der Waals surface area contributed by atoms with Crippen molar-refractivity contribution in [3.05, 3.63) is 12.2 Å². The quantitative estimate of drug-likeness (QED) is 0.119. The second kappa shape index (κ2) is 34.4. The molecule has 0 heterocycles. The van der Waals surface area contributed by atoms with Gasteiger partial charge < -0.3 is 34.6 Å². The summed E-state index contributed by atoms with van der Waals surface area (Å²) in [5.41, 5.74) is 3.45. The van der Waals surface area contributed by atoms with Gasteiger partial charge in [0.05, 0.1) is 49.5 Å². The number of carbonyl (C=O) groups is 6. The summed E-state index contributed by atoms with van der Waals surface area (Å²) in [5, 5.41) is 42.9. The number of rotatable bonds is 10. The molecule has 0 aromatic rings. The Morgan fingerprint density at radius 1 is 0.294 bits per heavy atom. The van der Waals surface area contributed by atoms with E-state index in [4.69, 9.17) is 14.2 Å². The van der Waals surface area contributed by atoms with Crippen molar-refractivity contribution in [3.8, 4) is 0 Å². The third kappa shape index (κ3) is 13.8. The van der Waals surface area contributed by atoms with Gasteiger partial charge in [0.15, 0.2) is 0 Å². The van der Waals surface area contributed by atoms with Gasteiger partial charge in [-0.1, -0.05) is 158 Å². The van der Waals surface area contributed by atoms with Crippen molar-refractivity contribution in [1.82, 2.24) is 0 Å². The first-order valence-corrected chi connectivity index (χ1v) is 57.2. The number of hydrogen-bond donors (Lipinski definition) is 4. The van der Waals surface area contributed by atoms with E-state index < -0.39 is 5.41 Å². The molecule has 0 aliphatic heterocycles. The van der Waals surface area contributed by atoms with Crippen molar-refractivity contribution >= 4 is 35.1 Å². The summed E-state index contributed by atoms with van der Waals surface area (Å²) in [5.74, 6) is 11.1. The van der Waals surface area contributed by atoms with Crippen molar-refractivity contribution in [3.63, 3.8) is 0 Å². The average Bonchev–Trinajstić information content (AvgIpc) is 1.17. The minimum Gasteiger partial charge on any atom is -0.469 e. The molecule has 0 radical (unpaired) electrons. The molecule has 0 spiro atoms. The molecule has 20 aliphatic carbocycles. The minimum absolute atomic E-state index is 0.000406. The lowest BCUT2D eigenvalue weighted by molar-refractivity contribution is -0.250. The van der Waals surface area contributed by atoms with Crippen molar-refractivity contribution in [1.29, 1.82) is 0 Å². The number of hydrogen-bond acceptors (Lipinski definition) is 13. The van der Waals surface area contributed by atoms with Crippen LogP contribution in [0.25, 0.3) is 0 Å². The van der Waals surface area contributed by atoms with Crippen molar-refractivity contribution in [2.24, 2.45) is 233 Å². The molecule has 20 fully saturated rings. The Morgan fingerprint density at radius 2 is 0.566 bits per heavy atom. The van der Waals surface area contributed by atoms with Crippen LogP contribution in [0.5, 0.6) is 0 Å². The average molecular weight is 1890 g/mol. The van der Waals surface area contributed by atoms with Gasteiger partial charge in [0.2, 0.25) is 0 Å². The highest BCUT2D eigenvalue weighted by Gasteiger charge is 2.79. The summed E-state index contributed by atoms with van der Waals surface area (Å²) >= 11 is 0. The van der Waals surface area contributed by atoms with Crippen LogP contribution in [0.1, 0.15) is 437 Å². The molecule has 4 N–H and O–H groups in total. The van der Waals surface area contributed by atoms with Crippen LogP contribution < -0.4 is 0 Å². The maximum Gasteiger partial charge on any atom is 0.312 e. The highest BCUT2D eigenvalue weighted by atomic mass is 16.5. The largest absolute Gasteiger partial charge is 0.469 e. The molecule has 136 heavy (non-hydrogen) atoms. The Bertz CT molecular complexity index is 4590. The van der Waals surface area contributed by atoms with Crippen LogP contribution in [0.3, 0.4) is 0 Å². The van der Waals surface area contributed by atoms with Crippen LogP contribution in [0, 0.1) is 233 Å². The molecule has 0 saturated heterocycles. The van der Waals surface area contributed by atoms with Crippen molar-refractivity contribution < 1.29 is 63.4 Å². The Balaban J connectivity index is 0.000000126. The van der Waals surface area contributed by atoms with Crippen LogP contribution in [-0.4, -0.2) is 108 Å². The Morgan fingerprint density at radius 3 is 0.868 bits per heavy atom. The first kappa shape index (κ1) is 105. The number of aliphatic hydroxyl groups is 4. The summed E-state index contributed by atoms with van der Waals surface area (Å²) in [6.45, 7) is 66.4. The smallest absolute Gasteiger partial charge is 0.312 e. The number of aliphatic hydroxyl groups excluding tert-OH is 4. The van der Waals surface area contributed by atoms with E-state index in [1.165, 1.54) is 135 Å². The highest BCUT2D eigenvalue weighted by molar-refractivity contribution is 5.87. The van der Waals surface area contributed by atoms with Crippen LogP contribution in [0.15, 0.2) is 12.2 Å². The van der Waals surface area contributed by atoms with Crippen LogP contribution in [-0.2, 0) is 43.0 Å². The molecular formula is C123H200O13. The molecule has 13 heteroatoms. The number of methoxy groups -OCH3 is 3. The van der Waals surface area contributed by atoms with Gasteiger partial charge in [-0.3, -0.25) is 28.8 Å². The molecule has 0 aromatic carbocycles. The third-order valence-electron chi connectivity index (χ3n) is 55.2. The zero-order chi connectivity index (χ0) is 99.6. The zero-order valence-electron chi connectivity index (χ0n) is 92.1. The van der Waals surface area contributed by atoms with E-state index in [1.807, 2.05) is 21.0 Å². The van der Waals surface area contributed by atoms with E-state index in [0.717, 1.165) is 147 Å². The normalized spacial score (nSPS) is 54.0. The first-order chi connectivity index (χ1) is 63.2. The molecule has 20 saturated carbocycles. The van der Waals surface area contributed by atoms with Gasteiger partial charge in [-0.15, -0.1) is 0 Å². The maximum atomic E-state index is 13.4. The SMILES string of the molecule is C=C(C)[C@@H]1CC[C@]2(C(C)=O)CC[C@]3(C)C(CCC4[C@@]5(C)CC[C@H](OC)C(C)(C)C5CC[C@]43C)C12.CC(=O)[C@@H]1CC[C@]2(C(C)=O)CC[C@]3(C)C(CCC4[C@@]5(C)CC[C@H](O)C(C)(C)C5CC[C@]43C)C12.COC(=O)[C@]12CC[C@@H](C(C)=O)C1C1CCC3[C@@]4(C)CC[C@H](O)C(C)(C)C4CC[C@@]3(C)[C@]1(C)CC2.COC(=O)[C@]12CC[C@@H](C(C)CO)C1C1CCC3[C@@]4(C)CC[C@H](O)C(C)(C)C4CC[C@@]3(C)[C@]1(C)CC2. The molecule has 20 rings (SSSR count). The summed E-state index contributed by atoms with van der Waals surface area (Å²) in [6.07, 6.45) is 44.5. The lowest BCUT2D eigenvalue weighted by Crippen LogP contribution is -2.67. The number of ether oxygens (including phenoxy) is 3. The van der Waals surface area contributed by atoms with Gasteiger partial charge in [-0.05, 0) is 491 Å². The number of fused-ring (bicyclic) bond motifs is 28. The monoisotopic (exact) mass is 1890 g/mol. The van der Waals surface area contributed by atoms with E-state index in [2.05, 4.69) is 159 Å². The predicted molar refractivity (Wildman–Crippen MR) is 543 cm³/mol. The topological polar surface area (TPSA) is 211 Å². The number of esters is 2. The standard InChI is InChI=1S/C32H52O2.C31H52O4.C30H48O4.C30H48O3/c1-20(2)22-12-17-32(21(3)33)19-18-30(7)23(27(22)32)10-11-25-29(6)15-14-26(34-9)28(4,5)24(29)13-16-31(25,30)8;1-19(18-32)20-10-15-31(26(34)35-7)17-16-29(5)21(25(20)31)8-9-23-28(4)13-12-24(33)27(2,3)22(28)11-14-30(23,29)6;1-18(31)19-10-15-30(25(33)34-7)17-16-28(5)20(24(19)30)8-9-22-27(4)13-12-23(32)26(2,3)21(27)11-14-29(22,28)6;1-18(31)20-10-15-30(19(2)32)17-16-28(6)21(25(20)30)8-9-23-27(5)13-12-24(33)26(3,4)22(27)11-14-29(23,28)7/h22-27H,1,10-19H2,2-9H3;19-25,32-33H,8-18H2,1-7H3;19-24,32H,8-17H2,1-7H3;20-25,33H,8-17H2,1-7H3/t22-,23?,24?,25?,26-,27?,29-,30+,31+,32+;19?,20-,21?,22?,23?,24-,25?,28-,29+,30+,31-;19-,20?,21?,22?,23-,24?,27-,28+,29+,30-;20-,21?,22?,23?,24-,25?,27-,28+,29+,30+/m0000/s1. The van der Waals surface area contributed by atoms with Gasteiger partial charge in [-0.2, -0.15) is 0 Å². The number of Topliss-reactive ketones (excluding diaryl/α,β-unsaturated/α-hetero) is 4. The Labute approximate surface area is 827 Å². The minimum atomic E-state index is -0.462. The van der Waals surface area contributed by atoms with E-state index in [0.29, 0.717) is 123 Å². The zero-order valence-corrected chi connectivity index (χ0v) is 92.1. The molecule has 17 unspecified atom stereocenters. The van der Waals surface area contributed by atoms with Crippen LogP contribution in [0.2, 0.25) is 0 Å². The molecule has 20 aliphatic rings. The first-order valence-electron chi connectivity index (χ1n) is 57.2. The van der Waals surface area contributed by atoms with E-state index in [-0.39, 0.29) is 159 Å². The molecule has 770 valence electrons. The maximum absolute atomic E-state index is 13.4. The molecule has 0 amide bonds. The number of allylic oxidation sites excluding steroid dienone is 1. The van der Waals surface area contributed by atoms with Gasteiger partial charge in [0.1, 0.15) is 23.1 Å². The van der Waals surface area contributed by atoms with Gasteiger partial charge in [0, 0.05) is 36.4 Å². The summed E-state index contributed by atoms with van der Waals surface area (Å²) in [6, 6.07) is 0. The van der Waals surface area contributed by atoms with E-state index >= 15 is 0 Å². The lowest BCUT2D eigenvalue weighted by Gasteiger charge is -2.73. The molecule has 41 atom stereocenters. The lowest BCUT2D eigenvalue weighted by atomic mass is 9.32. The second-order valence-corrected chi connectivity index (χ2v) is 59.1. The summed E-state index contributed by atoms with van der Waals surface area (Å²) < 4.78 is 16.9. The van der Waals surface area contributed by atoms with Crippen molar-refractivity contribution in [2.45, 2.75) is 461 Å². The molecule has 13 nitrogen and oxygen atoms in total. The fourth-order valence-corrected chi connectivity index (χ4v) is 47.3. The third-order valence-corrected chi connectivity index (χ3v) is 55.2. The predicted octanol–water partition coefficient (Wildman–Crippen LogP) is 27.3. The van der Waals surface area contributed by atoms with Gasteiger partial charge in [0.25, 0.3) is 0 Å². The Kier molecular flexibility index (Phi) is 26.4. The molecule has 0 aromatic heterocycles. The van der Waals surface area contributed by atoms with Gasteiger partial charge >= 0.3 is 11.9 Å². The van der Waals surface area contributed by atoms with Crippen LogP contribution >= 0.6 is 0 Å². The highest BCUT2D eigenvalue weighted by Crippen LogP contribution is 2.85. The molecule has 0 bridgehead atoms. The number of carbonyl (C=O) groups excluding carboxylic acids is 6. The fourth-order valence-electron chi connectivity index (χ4n) is 47.3. The van der Waals surface area contributed by atoms with Crippen LogP contribution in [0.4, 0.5) is 0 Å². The number of ketones is 4. The Hall–Kier alpha value is -2.84. The summed E-state index contributed by atoms with van der Waals surface area (Å²) in [4.78, 5) is 78.7. The van der Waals surface area contributed by atoms with Gasteiger partial charge in [-0.25, -0.2) is 0 Å². The van der Waals surface area contributed by atoms with E-state index in [9.17, 15) is 49.2 Å². The van der Waals surface area contributed by atoms with Crippen molar-refractivity contribution in [2.75, 3.05) is 27.9 Å². The van der Waals surface area contributed by atoms with E-state index in [1.54, 1.807) is 21.0 Å².